The van der Waals surface area contributed by atoms with Crippen LogP contribution >= 0.6 is 0 Å². The highest BCUT2D eigenvalue weighted by Crippen LogP contribution is 2.24. The van der Waals surface area contributed by atoms with Gasteiger partial charge in [-0.1, -0.05) is 5.21 Å². The van der Waals surface area contributed by atoms with Crippen molar-refractivity contribution in [2.75, 3.05) is 13.2 Å². The van der Waals surface area contributed by atoms with E-state index in [9.17, 15) is 9.59 Å². The van der Waals surface area contributed by atoms with Gasteiger partial charge >= 0.3 is 5.97 Å². The van der Waals surface area contributed by atoms with Gasteiger partial charge in [-0.25, -0.2) is 4.68 Å². The van der Waals surface area contributed by atoms with Crippen molar-refractivity contribution in [3.8, 4) is 11.4 Å². The van der Waals surface area contributed by atoms with Gasteiger partial charge in [-0.15, -0.1) is 5.10 Å². The number of carboxylic acid groups (broad SMARTS) is 1. The zero-order valence-electron chi connectivity index (χ0n) is 16.1. The minimum Gasteiger partial charge on any atom is -0.491 e. The Bertz CT molecular complexity index is 854. The molecule has 1 aliphatic rings. The summed E-state index contributed by atoms with van der Waals surface area (Å²) in [5, 5.41) is 20.0. The zero-order chi connectivity index (χ0) is 20.3. The number of aliphatic carboxylic acids is 1. The van der Waals surface area contributed by atoms with Gasteiger partial charge in [-0.05, 0) is 51.5 Å². The van der Waals surface area contributed by atoms with Crippen LogP contribution in [0.15, 0.2) is 24.3 Å². The molecule has 1 aromatic heterocycles. The molecule has 1 unspecified atom stereocenters. The Labute approximate surface area is 162 Å². The van der Waals surface area contributed by atoms with E-state index in [1.54, 1.807) is 11.6 Å². The lowest BCUT2D eigenvalue weighted by Crippen LogP contribution is -2.50. The average molecular weight is 388 g/mol. The molecule has 2 heterocycles. The van der Waals surface area contributed by atoms with Gasteiger partial charge in [0.2, 0.25) is 0 Å². The Morgan fingerprint density at radius 2 is 2.07 bits per heavy atom. The largest absolute Gasteiger partial charge is 0.491 e. The lowest BCUT2D eigenvalue weighted by atomic mass is 9.94. The van der Waals surface area contributed by atoms with Crippen molar-refractivity contribution in [3.63, 3.8) is 0 Å². The quantitative estimate of drug-likeness (QED) is 0.742. The first-order chi connectivity index (χ1) is 13.3. The van der Waals surface area contributed by atoms with Gasteiger partial charge in [0.05, 0.1) is 36.1 Å². The molecule has 1 amide bonds. The third kappa shape index (κ3) is 4.30. The van der Waals surface area contributed by atoms with Crippen LogP contribution in [0.3, 0.4) is 0 Å². The minimum absolute atomic E-state index is 0.0759. The van der Waals surface area contributed by atoms with Crippen LogP contribution in [-0.2, 0) is 9.53 Å². The molecule has 9 nitrogen and oxygen atoms in total. The minimum atomic E-state index is -0.991. The molecule has 0 bridgehead atoms. The smallest absolute Gasteiger partial charge is 0.305 e. The molecule has 0 radical (unpaired) electrons. The van der Waals surface area contributed by atoms with Crippen molar-refractivity contribution in [2.24, 2.45) is 0 Å². The molecule has 9 heteroatoms. The second kappa shape index (κ2) is 7.97. The Balaban J connectivity index is 1.78. The van der Waals surface area contributed by atoms with Gasteiger partial charge in [0.25, 0.3) is 5.91 Å². The number of hydrogen-bond donors (Lipinski definition) is 2. The maximum atomic E-state index is 12.7. The van der Waals surface area contributed by atoms with Crippen molar-refractivity contribution in [1.29, 1.82) is 0 Å². The van der Waals surface area contributed by atoms with Crippen LogP contribution in [0.4, 0.5) is 0 Å². The van der Waals surface area contributed by atoms with Crippen LogP contribution in [0.2, 0.25) is 0 Å². The topological polar surface area (TPSA) is 116 Å². The van der Waals surface area contributed by atoms with Gasteiger partial charge < -0.3 is 19.9 Å². The number of aromatic nitrogens is 3. The first-order valence-electron chi connectivity index (χ1n) is 9.11. The van der Waals surface area contributed by atoms with E-state index in [0.717, 1.165) is 11.4 Å². The Hall–Kier alpha value is -2.94. The van der Waals surface area contributed by atoms with Crippen LogP contribution in [0.1, 0.15) is 42.9 Å². The van der Waals surface area contributed by atoms with E-state index >= 15 is 0 Å². The van der Waals surface area contributed by atoms with E-state index in [-0.39, 0.29) is 24.8 Å². The van der Waals surface area contributed by atoms with Gasteiger partial charge in [-0.3, -0.25) is 9.59 Å². The highest BCUT2D eigenvalue weighted by molar-refractivity contribution is 5.94. The SMILES string of the molecule is Cc1c(C(=O)NC2(CC(=O)O)CCOC2)nnn1-c1ccc(OC(C)C)cc1. The second-order valence-corrected chi connectivity index (χ2v) is 7.20. The molecule has 1 aromatic carbocycles. The summed E-state index contributed by atoms with van der Waals surface area (Å²) in [6.45, 7) is 6.21. The number of benzene rings is 1. The summed E-state index contributed by atoms with van der Waals surface area (Å²) in [6, 6.07) is 7.32. The lowest BCUT2D eigenvalue weighted by Gasteiger charge is -2.26. The van der Waals surface area contributed by atoms with Crippen molar-refractivity contribution < 1.29 is 24.2 Å². The number of rotatable bonds is 7. The van der Waals surface area contributed by atoms with Crippen molar-refractivity contribution in [2.45, 2.75) is 45.3 Å². The maximum absolute atomic E-state index is 12.7. The molecule has 150 valence electrons. The predicted molar refractivity (Wildman–Crippen MR) is 99.7 cm³/mol. The molecule has 2 aromatic rings. The van der Waals surface area contributed by atoms with Crippen molar-refractivity contribution in [1.82, 2.24) is 20.3 Å². The summed E-state index contributed by atoms with van der Waals surface area (Å²) < 4.78 is 12.5. The molecule has 0 saturated carbocycles. The Morgan fingerprint density at radius 3 is 2.64 bits per heavy atom. The monoisotopic (exact) mass is 388 g/mol. The van der Waals surface area contributed by atoms with Crippen molar-refractivity contribution in [3.05, 3.63) is 35.7 Å². The summed E-state index contributed by atoms with van der Waals surface area (Å²) in [7, 11) is 0. The zero-order valence-corrected chi connectivity index (χ0v) is 16.1. The number of carboxylic acids is 1. The molecule has 3 rings (SSSR count). The van der Waals surface area contributed by atoms with Crippen LogP contribution in [-0.4, -0.2) is 56.8 Å². The summed E-state index contributed by atoms with van der Waals surface area (Å²) in [6.07, 6.45) is 0.311. The molecule has 1 fully saturated rings. The Kier molecular flexibility index (Phi) is 5.64. The summed E-state index contributed by atoms with van der Waals surface area (Å²) in [5.41, 5.74) is 0.526. The number of carbonyl (C=O) groups is 2. The van der Waals surface area contributed by atoms with Crippen LogP contribution in [0, 0.1) is 6.92 Å². The fourth-order valence-corrected chi connectivity index (χ4v) is 3.20. The molecule has 1 atom stereocenters. The molecule has 0 spiro atoms. The van der Waals surface area contributed by atoms with Gasteiger partial charge in [-0.2, -0.15) is 0 Å². The van der Waals surface area contributed by atoms with Gasteiger partial charge in [0, 0.05) is 6.61 Å². The molecule has 1 saturated heterocycles. The van der Waals surface area contributed by atoms with E-state index < -0.39 is 17.4 Å². The molecule has 2 N–H and O–H groups in total. The van der Waals surface area contributed by atoms with E-state index in [4.69, 9.17) is 14.6 Å². The predicted octanol–water partition coefficient (Wildman–Crippen LogP) is 1.73. The van der Waals surface area contributed by atoms with E-state index in [2.05, 4.69) is 15.6 Å². The summed E-state index contributed by atoms with van der Waals surface area (Å²) in [4.78, 5) is 23.9. The third-order valence-electron chi connectivity index (χ3n) is 4.53. The second-order valence-electron chi connectivity index (χ2n) is 7.20. The van der Waals surface area contributed by atoms with Crippen LogP contribution in [0.5, 0.6) is 5.75 Å². The Morgan fingerprint density at radius 1 is 1.36 bits per heavy atom. The summed E-state index contributed by atoms with van der Waals surface area (Å²) in [5.74, 6) is -0.712. The third-order valence-corrected chi connectivity index (χ3v) is 4.53. The highest BCUT2D eigenvalue weighted by Gasteiger charge is 2.39. The number of amides is 1. The molecule has 28 heavy (non-hydrogen) atoms. The fraction of sp³-hybridized carbons (Fsp3) is 0.474. The molecule has 1 aliphatic heterocycles. The number of carbonyl (C=O) groups excluding carboxylic acids is 1. The number of hydrogen-bond acceptors (Lipinski definition) is 6. The molecular weight excluding hydrogens is 364 g/mol. The molecular formula is C19H24N4O5. The molecule has 0 aliphatic carbocycles. The normalized spacial score (nSPS) is 19.0. The first kappa shape index (κ1) is 19.8. The standard InChI is InChI=1S/C19H24N4O5/c1-12(2)28-15-6-4-14(5-7-15)23-13(3)17(21-22-23)18(26)20-19(10-16(24)25)8-9-27-11-19/h4-7,12H,8-11H2,1-3H3,(H,20,26)(H,24,25). The lowest BCUT2D eigenvalue weighted by molar-refractivity contribution is -0.138. The average Bonchev–Trinajstić information content (AvgIpc) is 3.21. The number of nitrogens with one attached hydrogen (secondary N) is 1. The van der Waals surface area contributed by atoms with E-state index in [1.165, 1.54) is 0 Å². The number of ether oxygens (including phenoxy) is 2. The van der Waals surface area contributed by atoms with E-state index in [0.29, 0.717) is 18.7 Å². The highest BCUT2D eigenvalue weighted by atomic mass is 16.5. The van der Waals surface area contributed by atoms with Crippen LogP contribution < -0.4 is 10.1 Å². The van der Waals surface area contributed by atoms with E-state index in [1.807, 2.05) is 38.1 Å². The van der Waals surface area contributed by atoms with Gasteiger partial charge in [0.15, 0.2) is 5.69 Å². The number of nitrogens with zero attached hydrogens (tertiary/aromatic N) is 3. The van der Waals surface area contributed by atoms with Crippen molar-refractivity contribution >= 4 is 11.9 Å². The first-order valence-corrected chi connectivity index (χ1v) is 9.11. The fourth-order valence-electron chi connectivity index (χ4n) is 3.20. The summed E-state index contributed by atoms with van der Waals surface area (Å²) >= 11 is 0. The van der Waals surface area contributed by atoms with Gasteiger partial charge in [0.1, 0.15) is 5.75 Å². The maximum Gasteiger partial charge on any atom is 0.305 e. The van der Waals surface area contributed by atoms with Crippen LogP contribution in [0.25, 0.3) is 5.69 Å².